The van der Waals surface area contributed by atoms with Crippen LogP contribution in [0.5, 0.6) is 0 Å². The third-order valence-corrected chi connectivity index (χ3v) is 2.66. The summed E-state index contributed by atoms with van der Waals surface area (Å²) in [5, 5.41) is 0.280. The highest BCUT2D eigenvalue weighted by molar-refractivity contribution is 6.34. The first-order valence-corrected chi connectivity index (χ1v) is 5.83. The van der Waals surface area contributed by atoms with Gasteiger partial charge in [0.15, 0.2) is 0 Å². The van der Waals surface area contributed by atoms with Crippen LogP contribution in [0.25, 0.3) is 11.1 Å². The standard InChI is InChI=1S/C13H11ClN2O2/c1-2-18-13(17)12-10(7-16-8-11(12)14)9-3-5-15-6-4-9/h3-8H,2H2,1H3. The van der Waals surface area contributed by atoms with Gasteiger partial charge in [0.1, 0.15) is 0 Å². The first-order chi connectivity index (χ1) is 8.74. The van der Waals surface area contributed by atoms with Gasteiger partial charge < -0.3 is 4.74 Å². The number of hydrogen-bond acceptors (Lipinski definition) is 4. The van der Waals surface area contributed by atoms with Crippen molar-refractivity contribution in [2.45, 2.75) is 6.92 Å². The molecule has 0 spiro atoms. The summed E-state index contributed by atoms with van der Waals surface area (Å²) in [5.74, 6) is -0.447. The van der Waals surface area contributed by atoms with Gasteiger partial charge in [-0.1, -0.05) is 11.6 Å². The largest absolute Gasteiger partial charge is 0.462 e. The van der Waals surface area contributed by atoms with Crippen molar-refractivity contribution in [3.05, 3.63) is 47.5 Å². The maximum absolute atomic E-state index is 11.9. The molecule has 2 aromatic rings. The second kappa shape index (κ2) is 5.60. The Morgan fingerprint density at radius 2 is 2.00 bits per heavy atom. The molecule has 0 atom stereocenters. The number of nitrogens with zero attached hydrogens (tertiary/aromatic N) is 2. The summed E-state index contributed by atoms with van der Waals surface area (Å²) < 4.78 is 5.00. The number of pyridine rings is 2. The first-order valence-electron chi connectivity index (χ1n) is 5.45. The van der Waals surface area contributed by atoms with E-state index in [-0.39, 0.29) is 5.02 Å². The molecule has 92 valence electrons. The topological polar surface area (TPSA) is 52.1 Å². The Morgan fingerprint density at radius 3 is 2.67 bits per heavy atom. The van der Waals surface area contributed by atoms with Gasteiger partial charge in [-0.3, -0.25) is 9.97 Å². The van der Waals surface area contributed by atoms with Gasteiger partial charge in [-0.25, -0.2) is 4.79 Å². The van der Waals surface area contributed by atoms with Crippen molar-refractivity contribution >= 4 is 17.6 Å². The normalized spacial score (nSPS) is 10.1. The highest BCUT2D eigenvalue weighted by Crippen LogP contribution is 2.28. The minimum atomic E-state index is -0.447. The molecule has 0 saturated heterocycles. The molecular weight excluding hydrogens is 252 g/mol. The molecule has 2 heterocycles. The number of rotatable bonds is 3. The van der Waals surface area contributed by atoms with E-state index in [0.717, 1.165) is 5.56 Å². The summed E-state index contributed by atoms with van der Waals surface area (Å²) in [6, 6.07) is 3.58. The zero-order chi connectivity index (χ0) is 13.0. The lowest BCUT2D eigenvalue weighted by Gasteiger charge is -2.09. The molecule has 2 aromatic heterocycles. The molecule has 0 N–H and O–H groups in total. The minimum Gasteiger partial charge on any atom is -0.462 e. The van der Waals surface area contributed by atoms with Gasteiger partial charge >= 0.3 is 5.97 Å². The van der Waals surface area contributed by atoms with Gasteiger partial charge in [0.05, 0.1) is 17.2 Å². The summed E-state index contributed by atoms with van der Waals surface area (Å²) >= 11 is 6.03. The van der Waals surface area contributed by atoms with E-state index in [2.05, 4.69) is 9.97 Å². The lowest BCUT2D eigenvalue weighted by molar-refractivity contribution is 0.0527. The smallest absolute Gasteiger partial charge is 0.340 e. The molecule has 0 fully saturated rings. The molecule has 2 rings (SSSR count). The predicted molar refractivity (Wildman–Crippen MR) is 68.4 cm³/mol. The predicted octanol–water partition coefficient (Wildman–Crippen LogP) is 2.97. The average molecular weight is 263 g/mol. The summed E-state index contributed by atoms with van der Waals surface area (Å²) in [6.45, 7) is 2.05. The number of hydrogen-bond donors (Lipinski definition) is 0. The second-order valence-corrected chi connectivity index (χ2v) is 3.91. The first kappa shape index (κ1) is 12.5. The maximum atomic E-state index is 11.9. The number of esters is 1. The lowest BCUT2D eigenvalue weighted by Crippen LogP contribution is -2.07. The Hall–Kier alpha value is -1.94. The average Bonchev–Trinajstić information content (AvgIpc) is 2.39. The van der Waals surface area contributed by atoms with Gasteiger partial charge in [0, 0.05) is 30.4 Å². The van der Waals surface area contributed by atoms with Crippen molar-refractivity contribution in [3.8, 4) is 11.1 Å². The highest BCUT2D eigenvalue weighted by Gasteiger charge is 2.18. The van der Waals surface area contributed by atoms with Crippen molar-refractivity contribution in [1.82, 2.24) is 9.97 Å². The van der Waals surface area contributed by atoms with E-state index in [9.17, 15) is 4.79 Å². The molecule has 0 radical (unpaired) electrons. The van der Waals surface area contributed by atoms with Gasteiger partial charge in [-0.05, 0) is 24.6 Å². The molecule has 0 saturated carbocycles. The lowest BCUT2D eigenvalue weighted by atomic mass is 10.0. The van der Waals surface area contributed by atoms with Crippen LogP contribution in [0.3, 0.4) is 0 Å². The van der Waals surface area contributed by atoms with Crippen molar-refractivity contribution in [2.24, 2.45) is 0 Å². The summed E-state index contributed by atoms with van der Waals surface area (Å²) in [6.07, 6.45) is 6.31. The number of ether oxygens (including phenoxy) is 1. The van der Waals surface area contributed by atoms with Crippen LogP contribution in [0.1, 0.15) is 17.3 Å². The van der Waals surface area contributed by atoms with E-state index < -0.39 is 5.97 Å². The quantitative estimate of drug-likeness (QED) is 0.798. The molecule has 0 bridgehead atoms. The third-order valence-electron chi connectivity index (χ3n) is 2.37. The van der Waals surface area contributed by atoms with Crippen LogP contribution in [-0.2, 0) is 4.74 Å². The Balaban J connectivity index is 2.55. The van der Waals surface area contributed by atoms with Crippen LogP contribution in [0.15, 0.2) is 36.9 Å². The van der Waals surface area contributed by atoms with Crippen molar-refractivity contribution in [3.63, 3.8) is 0 Å². The molecule has 18 heavy (non-hydrogen) atoms. The van der Waals surface area contributed by atoms with Crippen LogP contribution in [0, 0.1) is 0 Å². The third kappa shape index (κ3) is 2.49. The Labute approximate surface area is 110 Å². The Kier molecular flexibility index (Phi) is 3.89. The molecule has 0 aliphatic rings. The van der Waals surface area contributed by atoms with Crippen LogP contribution in [0.2, 0.25) is 5.02 Å². The van der Waals surface area contributed by atoms with Crippen LogP contribution < -0.4 is 0 Å². The van der Waals surface area contributed by atoms with Gasteiger partial charge in [0.25, 0.3) is 0 Å². The SMILES string of the molecule is CCOC(=O)c1c(Cl)cncc1-c1ccncc1. The zero-order valence-corrected chi connectivity index (χ0v) is 10.5. The fraction of sp³-hybridized carbons (Fsp3) is 0.154. The number of halogens is 1. The van der Waals surface area contributed by atoms with E-state index in [1.807, 2.05) is 0 Å². The van der Waals surface area contributed by atoms with Crippen molar-refractivity contribution in [1.29, 1.82) is 0 Å². The summed E-state index contributed by atoms with van der Waals surface area (Å²) in [7, 11) is 0. The molecule has 0 unspecified atom stereocenters. The van der Waals surface area contributed by atoms with E-state index in [0.29, 0.717) is 17.7 Å². The second-order valence-electron chi connectivity index (χ2n) is 3.50. The highest BCUT2D eigenvalue weighted by atomic mass is 35.5. The van der Waals surface area contributed by atoms with Gasteiger partial charge in [-0.15, -0.1) is 0 Å². The van der Waals surface area contributed by atoms with Gasteiger partial charge in [0.2, 0.25) is 0 Å². The molecule has 0 amide bonds. The van der Waals surface area contributed by atoms with E-state index in [1.165, 1.54) is 6.20 Å². The van der Waals surface area contributed by atoms with E-state index in [1.54, 1.807) is 37.6 Å². The zero-order valence-electron chi connectivity index (χ0n) is 9.76. The number of carbonyl (C=O) groups excluding carboxylic acids is 1. The van der Waals surface area contributed by atoms with Gasteiger partial charge in [-0.2, -0.15) is 0 Å². The van der Waals surface area contributed by atoms with Crippen molar-refractivity contribution < 1.29 is 9.53 Å². The maximum Gasteiger partial charge on any atom is 0.340 e. The monoisotopic (exact) mass is 262 g/mol. The van der Waals surface area contributed by atoms with Crippen LogP contribution in [-0.4, -0.2) is 22.5 Å². The van der Waals surface area contributed by atoms with Crippen LogP contribution >= 0.6 is 11.6 Å². The molecule has 5 heteroatoms. The Bertz CT molecular complexity index is 558. The number of carbonyl (C=O) groups is 1. The van der Waals surface area contributed by atoms with Crippen LogP contribution in [0.4, 0.5) is 0 Å². The fourth-order valence-electron chi connectivity index (χ4n) is 1.60. The molecule has 0 aromatic carbocycles. The van der Waals surface area contributed by atoms with E-state index >= 15 is 0 Å². The summed E-state index contributed by atoms with van der Waals surface area (Å²) in [4.78, 5) is 19.8. The summed E-state index contributed by atoms with van der Waals surface area (Å²) in [5.41, 5.74) is 1.80. The molecular formula is C13H11ClN2O2. The fourth-order valence-corrected chi connectivity index (χ4v) is 1.83. The molecule has 4 nitrogen and oxygen atoms in total. The van der Waals surface area contributed by atoms with Crippen molar-refractivity contribution in [2.75, 3.05) is 6.61 Å². The molecule has 0 aliphatic carbocycles. The molecule has 0 aliphatic heterocycles. The minimum absolute atomic E-state index is 0.280. The number of aromatic nitrogens is 2. The van der Waals surface area contributed by atoms with E-state index in [4.69, 9.17) is 16.3 Å². The Morgan fingerprint density at radius 1 is 1.28 bits per heavy atom.